The number of rotatable bonds is 1. The quantitative estimate of drug-likeness (QED) is 0.688. The molecule has 0 amide bonds. The normalized spacial score (nSPS) is 58.5. The number of hydrogen-bond donors (Lipinski definition) is 3. The third-order valence-corrected chi connectivity index (χ3v) is 9.27. The molecule has 0 aliphatic heterocycles. The predicted octanol–water partition coefficient (Wildman–Crippen LogP) is 3.36. The van der Waals surface area contributed by atoms with Crippen molar-refractivity contribution < 1.29 is 15.3 Å². The summed E-state index contributed by atoms with van der Waals surface area (Å²) in [5, 5.41) is 31.3. The molecular weight excluding hydrogens is 300 g/mol. The van der Waals surface area contributed by atoms with Gasteiger partial charge in [0.1, 0.15) is 0 Å². The second kappa shape index (κ2) is 5.69. The summed E-state index contributed by atoms with van der Waals surface area (Å²) in [6, 6.07) is 0. The highest BCUT2D eigenvalue weighted by molar-refractivity contribution is 5.12. The number of aliphatic hydroxyl groups is 3. The van der Waals surface area contributed by atoms with Crippen LogP contribution < -0.4 is 0 Å². The van der Waals surface area contributed by atoms with Crippen LogP contribution in [-0.2, 0) is 0 Å². The summed E-state index contributed by atoms with van der Waals surface area (Å²) >= 11 is 0. The molecule has 3 nitrogen and oxygen atoms in total. The zero-order valence-corrected chi connectivity index (χ0v) is 15.6. The van der Waals surface area contributed by atoms with E-state index in [1.165, 1.54) is 19.3 Å². The van der Waals surface area contributed by atoms with Gasteiger partial charge in [0.2, 0.25) is 0 Å². The minimum absolute atomic E-state index is 0.0924. The van der Waals surface area contributed by atoms with Crippen molar-refractivity contribution >= 4 is 0 Å². The second-order valence-electron chi connectivity index (χ2n) is 10.2. The van der Waals surface area contributed by atoms with Crippen molar-refractivity contribution in [3.05, 3.63) is 0 Å². The molecule has 0 aromatic carbocycles. The molecule has 0 spiro atoms. The smallest absolute Gasteiger partial charge is 0.0580 e. The second-order valence-corrected chi connectivity index (χ2v) is 10.2. The standard InChI is InChI=1S/C21H36O3/c1-12(22)17-11-18(24)19-15-5-4-13-10-14(23)6-8-20(13,2)16(15)7-9-21(17,19)3/h12-19,22-24H,4-11H2,1-3H3/t12-,13+,14+,15+,16-,17+,18-,19+,20-,21+/m0/s1. The zero-order valence-electron chi connectivity index (χ0n) is 15.6. The molecule has 0 heterocycles. The van der Waals surface area contributed by atoms with Crippen LogP contribution in [0.5, 0.6) is 0 Å². The maximum Gasteiger partial charge on any atom is 0.0580 e. The molecule has 0 aromatic heterocycles. The Morgan fingerprint density at radius 3 is 2.33 bits per heavy atom. The monoisotopic (exact) mass is 336 g/mol. The first-order valence-corrected chi connectivity index (χ1v) is 10.3. The lowest BCUT2D eigenvalue weighted by molar-refractivity contribution is -0.144. The maximum absolute atomic E-state index is 10.9. The van der Waals surface area contributed by atoms with E-state index in [4.69, 9.17) is 0 Å². The van der Waals surface area contributed by atoms with E-state index < -0.39 is 0 Å². The third-order valence-electron chi connectivity index (χ3n) is 9.27. The van der Waals surface area contributed by atoms with Crippen LogP contribution in [0.15, 0.2) is 0 Å². The minimum atomic E-state index is -0.317. The molecule has 24 heavy (non-hydrogen) atoms. The van der Waals surface area contributed by atoms with Crippen LogP contribution >= 0.6 is 0 Å². The summed E-state index contributed by atoms with van der Waals surface area (Å²) in [5.41, 5.74) is 0.457. The van der Waals surface area contributed by atoms with Gasteiger partial charge in [0, 0.05) is 0 Å². The van der Waals surface area contributed by atoms with Gasteiger partial charge >= 0.3 is 0 Å². The Labute approximate surface area is 146 Å². The van der Waals surface area contributed by atoms with E-state index in [0.29, 0.717) is 29.1 Å². The fourth-order valence-corrected chi connectivity index (χ4v) is 8.09. The molecule has 0 saturated heterocycles. The Hall–Kier alpha value is -0.120. The van der Waals surface area contributed by atoms with Gasteiger partial charge in [-0.05, 0) is 98.7 Å². The van der Waals surface area contributed by atoms with Crippen molar-refractivity contribution in [3.8, 4) is 0 Å². The van der Waals surface area contributed by atoms with Gasteiger partial charge in [-0.25, -0.2) is 0 Å². The number of hydrogen-bond acceptors (Lipinski definition) is 3. The van der Waals surface area contributed by atoms with Crippen molar-refractivity contribution in [2.45, 2.75) is 90.4 Å². The molecule has 138 valence electrons. The summed E-state index contributed by atoms with van der Waals surface area (Å²) in [5.74, 6) is 2.58. The van der Waals surface area contributed by atoms with Gasteiger partial charge in [-0.1, -0.05) is 13.8 Å². The molecule has 0 unspecified atom stereocenters. The summed E-state index contributed by atoms with van der Waals surface area (Å²) in [4.78, 5) is 0. The maximum atomic E-state index is 10.9. The zero-order chi connectivity index (χ0) is 17.3. The Morgan fingerprint density at radius 1 is 0.917 bits per heavy atom. The van der Waals surface area contributed by atoms with Gasteiger partial charge < -0.3 is 15.3 Å². The fraction of sp³-hybridized carbons (Fsp3) is 1.00. The molecule has 3 heteroatoms. The van der Waals surface area contributed by atoms with Gasteiger partial charge in [0.05, 0.1) is 18.3 Å². The van der Waals surface area contributed by atoms with E-state index in [1.807, 2.05) is 6.92 Å². The Balaban J connectivity index is 1.64. The largest absolute Gasteiger partial charge is 0.393 e. The molecule has 0 aromatic rings. The van der Waals surface area contributed by atoms with Crippen LogP contribution in [0.25, 0.3) is 0 Å². The van der Waals surface area contributed by atoms with Crippen LogP contribution in [0.4, 0.5) is 0 Å². The van der Waals surface area contributed by atoms with E-state index in [1.54, 1.807) is 0 Å². The highest BCUT2D eigenvalue weighted by atomic mass is 16.3. The Kier molecular flexibility index (Phi) is 4.10. The van der Waals surface area contributed by atoms with Crippen LogP contribution in [0.1, 0.15) is 72.1 Å². The third kappa shape index (κ3) is 2.27. The highest BCUT2D eigenvalue weighted by Crippen LogP contribution is 2.67. The molecular formula is C21H36O3. The van der Waals surface area contributed by atoms with Gasteiger partial charge in [0.15, 0.2) is 0 Å². The van der Waals surface area contributed by atoms with Crippen molar-refractivity contribution in [1.82, 2.24) is 0 Å². The topological polar surface area (TPSA) is 60.7 Å². The van der Waals surface area contributed by atoms with E-state index in [-0.39, 0.29) is 29.6 Å². The molecule has 0 radical (unpaired) electrons. The van der Waals surface area contributed by atoms with Crippen LogP contribution in [-0.4, -0.2) is 33.6 Å². The van der Waals surface area contributed by atoms with Gasteiger partial charge in [-0.2, -0.15) is 0 Å². The van der Waals surface area contributed by atoms with Crippen LogP contribution in [0.3, 0.4) is 0 Å². The van der Waals surface area contributed by atoms with Gasteiger partial charge in [-0.3, -0.25) is 0 Å². The van der Waals surface area contributed by atoms with E-state index in [9.17, 15) is 15.3 Å². The Bertz CT molecular complexity index is 491. The minimum Gasteiger partial charge on any atom is -0.393 e. The van der Waals surface area contributed by atoms with Gasteiger partial charge in [0.25, 0.3) is 0 Å². The lowest BCUT2D eigenvalue weighted by Crippen LogP contribution is -2.55. The molecule has 10 atom stereocenters. The molecule has 0 bridgehead atoms. The van der Waals surface area contributed by atoms with Crippen LogP contribution in [0, 0.1) is 40.4 Å². The van der Waals surface area contributed by atoms with E-state index in [2.05, 4.69) is 13.8 Å². The molecule has 3 N–H and O–H groups in total. The van der Waals surface area contributed by atoms with Crippen molar-refractivity contribution in [1.29, 1.82) is 0 Å². The van der Waals surface area contributed by atoms with E-state index in [0.717, 1.165) is 32.1 Å². The van der Waals surface area contributed by atoms with Crippen molar-refractivity contribution in [3.63, 3.8) is 0 Å². The molecule has 4 aliphatic carbocycles. The predicted molar refractivity (Wildman–Crippen MR) is 94.3 cm³/mol. The first kappa shape index (κ1) is 17.3. The van der Waals surface area contributed by atoms with Crippen molar-refractivity contribution in [2.24, 2.45) is 40.4 Å². The van der Waals surface area contributed by atoms with Crippen LogP contribution in [0.2, 0.25) is 0 Å². The summed E-state index contributed by atoms with van der Waals surface area (Å²) in [7, 11) is 0. The summed E-state index contributed by atoms with van der Waals surface area (Å²) in [6.07, 6.45) is 8.05. The molecule has 4 fully saturated rings. The average Bonchev–Trinajstić information content (AvgIpc) is 2.80. The fourth-order valence-electron chi connectivity index (χ4n) is 8.09. The van der Waals surface area contributed by atoms with Gasteiger partial charge in [-0.15, -0.1) is 0 Å². The SMILES string of the molecule is C[C@H](O)[C@H]1C[C@H](O)[C@H]2[C@@H]3CC[C@@H]4C[C@H](O)CC[C@]4(C)[C@H]3CC[C@@]21C. The average molecular weight is 337 g/mol. The number of aliphatic hydroxyl groups excluding tert-OH is 3. The number of fused-ring (bicyclic) bond motifs is 5. The first-order valence-electron chi connectivity index (χ1n) is 10.3. The molecule has 4 rings (SSSR count). The highest BCUT2D eigenvalue weighted by Gasteiger charge is 2.63. The lowest BCUT2D eigenvalue weighted by Gasteiger charge is -2.61. The molecule has 4 saturated carbocycles. The lowest BCUT2D eigenvalue weighted by atomic mass is 9.44. The summed E-state index contributed by atoms with van der Waals surface area (Å²) in [6.45, 7) is 6.74. The molecule has 4 aliphatic rings. The first-order chi connectivity index (χ1) is 11.3. The Morgan fingerprint density at radius 2 is 1.62 bits per heavy atom. The summed E-state index contributed by atoms with van der Waals surface area (Å²) < 4.78 is 0. The van der Waals surface area contributed by atoms with E-state index >= 15 is 0 Å². The van der Waals surface area contributed by atoms with Crippen molar-refractivity contribution in [2.75, 3.05) is 0 Å².